The SMILES string of the molecule is COC(=O)CC(=O)Nc1ccc(OC)cc1. The van der Waals surface area contributed by atoms with Crippen LogP contribution in [-0.4, -0.2) is 26.1 Å². The number of ether oxygens (including phenoxy) is 2. The molecule has 0 fully saturated rings. The molecule has 1 aromatic rings. The second-order valence-corrected chi connectivity index (χ2v) is 3.03. The standard InChI is InChI=1S/C11H13NO4/c1-15-9-5-3-8(4-6-9)12-10(13)7-11(14)16-2/h3-6H,7H2,1-2H3,(H,12,13). The van der Waals surface area contributed by atoms with Gasteiger partial charge in [0.05, 0.1) is 14.2 Å². The number of hydrogen-bond acceptors (Lipinski definition) is 4. The molecule has 1 aromatic carbocycles. The molecule has 16 heavy (non-hydrogen) atoms. The van der Waals surface area contributed by atoms with Crippen LogP contribution < -0.4 is 10.1 Å². The molecule has 0 aliphatic heterocycles. The summed E-state index contributed by atoms with van der Waals surface area (Å²) < 4.78 is 9.34. The fourth-order valence-corrected chi connectivity index (χ4v) is 1.08. The summed E-state index contributed by atoms with van der Waals surface area (Å²) in [5, 5.41) is 2.56. The highest BCUT2D eigenvalue weighted by Gasteiger charge is 2.09. The normalized spacial score (nSPS) is 9.38. The van der Waals surface area contributed by atoms with Crippen LogP contribution in [0.5, 0.6) is 5.75 Å². The molecule has 0 saturated heterocycles. The summed E-state index contributed by atoms with van der Waals surface area (Å²) in [6.07, 6.45) is -0.289. The zero-order valence-corrected chi connectivity index (χ0v) is 9.15. The lowest BCUT2D eigenvalue weighted by atomic mass is 10.3. The Balaban J connectivity index is 2.52. The average Bonchev–Trinajstić information content (AvgIpc) is 2.29. The lowest BCUT2D eigenvalue weighted by Crippen LogP contribution is -2.17. The summed E-state index contributed by atoms with van der Waals surface area (Å²) in [6.45, 7) is 0. The zero-order chi connectivity index (χ0) is 12.0. The summed E-state index contributed by atoms with van der Waals surface area (Å²) in [5.41, 5.74) is 0.606. The van der Waals surface area contributed by atoms with Crippen LogP contribution in [-0.2, 0) is 14.3 Å². The third-order valence-corrected chi connectivity index (χ3v) is 1.91. The van der Waals surface area contributed by atoms with Crippen molar-refractivity contribution in [2.24, 2.45) is 0 Å². The molecular formula is C11H13NO4. The molecule has 5 nitrogen and oxygen atoms in total. The molecule has 0 aliphatic carbocycles. The lowest BCUT2D eigenvalue weighted by Gasteiger charge is -2.05. The van der Waals surface area contributed by atoms with Gasteiger partial charge in [0.25, 0.3) is 0 Å². The van der Waals surface area contributed by atoms with Crippen molar-refractivity contribution in [3.8, 4) is 5.75 Å². The predicted octanol–water partition coefficient (Wildman–Crippen LogP) is 1.20. The van der Waals surface area contributed by atoms with Crippen molar-refractivity contribution in [3.05, 3.63) is 24.3 Å². The summed E-state index contributed by atoms with van der Waals surface area (Å²) >= 11 is 0. The van der Waals surface area contributed by atoms with Crippen LogP contribution in [0.2, 0.25) is 0 Å². The monoisotopic (exact) mass is 223 g/mol. The van der Waals surface area contributed by atoms with Crippen molar-refractivity contribution in [1.29, 1.82) is 0 Å². The minimum atomic E-state index is -0.564. The lowest BCUT2D eigenvalue weighted by molar-refractivity contribution is -0.142. The summed E-state index contributed by atoms with van der Waals surface area (Å²) in [4.78, 5) is 22.1. The first-order valence-corrected chi connectivity index (χ1v) is 4.66. The maximum atomic E-state index is 11.3. The fraction of sp³-hybridized carbons (Fsp3) is 0.273. The van der Waals surface area contributed by atoms with E-state index in [1.165, 1.54) is 7.11 Å². The summed E-state index contributed by atoms with van der Waals surface area (Å²) in [7, 11) is 2.80. The van der Waals surface area contributed by atoms with Crippen LogP contribution in [0.3, 0.4) is 0 Å². The number of benzene rings is 1. The zero-order valence-electron chi connectivity index (χ0n) is 9.15. The van der Waals surface area contributed by atoms with Gasteiger partial charge in [0.15, 0.2) is 0 Å². The topological polar surface area (TPSA) is 64.6 Å². The van der Waals surface area contributed by atoms with Gasteiger partial charge in [0.2, 0.25) is 5.91 Å². The minimum absolute atomic E-state index is 0.289. The molecule has 0 atom stereocenters. The third kappa shape index (κ3) is 3.61. The maximum Gasteiger partial charge on any atom is 0.315 e. The number of amides is 1. The Bertz CT molecular complexity index is 372. The molecule has 1 rings (SSSR count). The van der Waals surface area contributed by atoms with Crippen LogP contribution in [0, 0.1) is 0 Å². The summed E-state index contributed by atoms with van der Waals surface area (Å²) in [5.74, 6) is -0.269. The van der Waals surface area contributed by atoms with Gasteiger partial charge in [-0.2, -0.15) is 0 Å². The first-order chi connectivity index (χ1) is 7.65. The van der Waals surface area contributed by atoms with Crippen LogP contribution in [0.25, 0.3) is 0 Å². The predicted molar refractivity (Wildman–Crippen MR) is 58.3 cm³/mol. The van der Waals surface area contributed by atoms with E-state index >= 15 is 0 Å². The van der Waals surface area contributed by atoms with Gasteiger partial charge < -0.3 is 14.8 Å². The van der Waals surface area contributed by atoms with E-state index in [1.54, 1.807) is 31.4 Å². The largest absolute Gasteiger partial charge is 0.497 e. The maximum absolute atomic E-state index is 11.3. The van der Waals surface area contributed by atoms with Crippen molar-refractivity contribution in [1.82, 2.24) is 0 Å². The van der Waals surface area contributed by atoms with E-state index < -0.39 is 11.9 Å². The molecule has 1 N–H and O–H groups in total. The molecular weight excluding hydrogens is 210 g/mol. The van der Waals surface area contributed by atoms with E-state index in [-0.39, 0.29) is 6.42 Å². The van der Waals surface area contributed by atoms with Crippen LogP contribution >= 0.6 is 0 Å². The Morgan fingerprint density at radius 3 is 2.31 bits per heavy atom. The quantitative estimate of drug-likeness (QED) is 0.615. The van der Waals surface area contributed by atoms with Crippen LogP contribution in [0.1, 0.15) is 6.42 Å². The van der Waals surface area contributed by atoms with Crippen molar-refractivity contribution < 1.29 is 19.1 Å². The van der Waals surface area contributed by atoms with Crippen molar-refractivity contribution in [2.75, 3.05) is 19.5 Å². The first-order valence-electron chi connectivity index (χ1n) is 4.66. The highest BCUT2D eigenvalue weighted by atomic mass is 16.5. The summed E-state index contributed by atoms with van der Waals surface area (Å²) in [6, 6.07) is 6.81. The number of rotatable bonds is 4. The number of hydrogen-bond donors (Lipinski definition) is 1. The number of nitrogens with one attached hydrogen (secondary N) is 1. The molecule has 0 radical (unpaired) electrons. The number of esters is 1. The Morgan fingerprint density at radius 2 is 1.81 bits per heavy atom. The van der Waals surface area contributed by atoms with Gasteiger partial charge in [-0.15, -0.1) is 0 Å². The molecule has 0 aromatic heterocycles. The number of carbonyl (C=O) groups is 2. The Hall–Kier alpha value is -2.04. The average molecular weight is 223 g/mol. The number of carbonyl (C=O) groups excluding carboxylic acids is 2. The number of methoxy groups -OCH3 is 2. The minimum Gasteiger partial charge on any atom is -0.497 e. The molecule has 0 unspecified atom stereocenters. The van der Waals surface area contributed by atoms with Gasteiger partial charge >= 0.3 is 5.97 Å². The van der Waals surface area contributed by atoms with Crippen molar-refractivity contribution in [3.63, 3.8) is 0 Å². The van der Waals surface area contributed by atoms with Crippen LogP contribution in [0.15, 0.2) is 24.3 Å². The molecule has 0 spiro atoms. The van der Waals surface area contributed by atoms with Gasteiger partial charge in [0, 0.05) is 5.69 Å². The molecule has 0 saturated carbocycles. The van der Waals surface area contributed by atoms with Crippen molar-refractivity contribution >= 4 is 17.6 Å². The van der Waals surface area contributed by atoms with E-state index in [4.69, 9.17) is 4.74 Å². The molecule has 0 aliphatic rings. The Kier molecular flexibility index (Phi) is 4.32. The van der Waals surface area contributed by atoms with E-state index in [1.807, 2.05) is 0 Å². The molecule has 5 heteroatoms. The van der Waals surface area contributed by atoms with Gasteiger partial charge in [-0.05, 0) is 24.3 Å². The van der Waals surface area contributed by atoms with E-state index in [9.17, 15) is 9.59 Å². The van der Waals surface area contributed by atoms with Crippen LogP contribution in [0.4, 0.5) is 5.69 Å². The molecule has 1 amide bonds. The number of anilines is 1. The first kappa shape index (κ1) is 12.0. The Labute approximate surface area is 93.4 Å². The second kappa shape index (κ2) is 5.75. The highest BCUT2D eigenvalue weighted by molar-refractivity contribution is 6.01. The van der Waals surface area contributed by atoms with E-state index in [2.05, 4.69) is 10.1 Å². The third-order valence-electron chi connectivity index (χ3n) is 1.91. The molecule has 0 heterocycles. The van der Waals surface area contributed by atoms with E-state index in [0.717, 1.165) is 0 Å². The molecule has 0 bridgehead atoms. The van der Waals surface area contributed by atoms with Gasteiger partial charge in [-0.25, -0.2) is 0 Å². The smallest absolute Gasteiger partial charge is 0.315 e. The van der Waals surface area contributed by atoms with Gasteiger partial charge in [-0.3, -0.25) is 9.59 Å². The van der Waals surface area contributed by atoms with Gasteiger partial charge in [-0.1, -0.05) is 0 Å². The molecule has 86 valence electrons. The highest BCUT2D eigenvalue weighted by Crippen LogP contribution is 2.14. The Morgan fingerprint density at radius 1 is 1.19 bits per heavy atom. The van der Waals surface area contributed by atoms with Crippen molar-refractivity contribution in [2.45, 2.75) is 6.42 Å². The fourth-order valence-electron chi connectivity index (χ4n) is 1.08. The second-order valence-electron chi connectivity index (χ2n) is 3.03. The van der Waals surface area contributed by atoms with E-state index in [0.29, 0.717) is 11.4 Å². The van der Waals surface area contributed by atoms with Gasteiger partial charge in [0.1, 0.15) is 12.2 Å².